The van der Waals surface area contributed by atoms with Crippen molar-refractivity contribution in [2.45, 2.75) is 25.7 Å². The second-order valence-electron chi connectivity index (χ2n) is 4.54. The summed E-state index contributed by atoms with van der Waals surface area (Å²) in [4.78, 5) is 23.3. The molecule has 0 heterocycles. The van der Waals surface area contributed by atoms with Gasteiger partial charge in [0.2, 0.25) is 5.91 Å². The lowest BCUT2D eigenvalue weighted by Crippen LogP contribution is -2.30. The Bertz CT molecular complexity index is 409. The average Bonchev–Trinajstić information content (AvgIpc) is 2.31. The SMILES string of the molecule is CN(CCCNC(=O)CCCC(=O)O)CCS(=O)(=O)O. The molecule has 0 aliphatic heterocycles. The first kappa shape index (κ1) is 18.8. The summed E-state index contributed by atoms with van der Waals surface area (Å²) in [6.07, 6.45) is 1.12. The highest BCUT2D eigenvalue weighted by Gasteiger charge is 2.07. The van der Waals surface area contributed by atoms with E-state index in [0.717, 1.165) is 0 Å². The van der Waals surface area contributed by atoms with E-state index in [4.69, 9.17) is 9.66 Å². The van der Waals surface area contributed by atoms with E-state index in [9.17, 15) is 18.0 Å². The van der Waals surface area contributed by atoms with Crippen LogP contribution < -0.4 is 5.32 Å². The van der Waals surface area contributed by atoms with Crippen LogP contribution in [-0.2, 0) is 19.7 Å². The predicted molar refractivity (Wildman–Crippen MR) is 73.0 cm³/mol. The second kappa shape index (κ2) is 9.67. The minimum absolute atomic E-state index is 0.0220. The highest BCUT2D eigenvalue weighted by Crippen LogP contribution is 1.95. The van der Waals surface area contributed by atoms with Crippen molar-refractivity contribution >= 4 is 22.0 Å². The Morgan fingerprint density at radius 3 is 2.35 bits per heavy atom. The van der Waals surface area contributed by atoms with Crippen LogP contribution in [0.3, 0.4) is 0 Å². The maximum atomic E-state index is 11.3. The molecule has 20 heavy (non-hydrogen) atoms. The Morgan fingerprint density at radius 2 is 1.80 bits per heavy atom. The standard InChI is InChI=1S/C11H22N2O6S/c1-13(8-9-20(17,18)19)7-3-6-12-10(14)4-2-5-11(15)16/h2-9H2,1H3,(H,12,14)(H,15,16)(H,17,18,19). The predicted octanol–water partition coefficient (Wildman–Crippen LogP) is -0.433. The third kappa shape index (κ3) is 13.2. The van der Waals surface area contributed by atoms with E-state index < -0.39 is 16.1 Å². The molecular weight excluding hydrogens is 288 g/mol. The maximum absolute atomic E-state index is 11.3. The van der Waals surface area contributed by atoms with Crippen LogP contribution in [0, 0.1) is 0 Å². The van der Waals surface area contributed by atoms with Crippen molar-refractivity contribution in [3.05, 3.63) is 0 Å². The van der Waals surface area contributed by atoms with E-state index in [1.54, 1.807) is 11.9 Å². The van der Waals surface area contributed by atoms with Gasteiger partial charge in [-0.2, -0.15) is 8.42 Å². The fourth-order valence-corrected chi connectivity index (χ4v) is 1.99. The zero-order valence-corrected chi connectivity index (χ0v) is 12.4. The van der Waals surface area contributed by atoms with Crippen molar-refractivity contribution in [3.8, 4) is 0 Å². The molecule has 0 aromatic rings. The van der Waals surface area contributed by atoms with E-state index in [1.165, 1.54) is 0 Å². The number of carboxylic acid groups (broad SMARTS) is 1. The summed E-state index contributed by atoms with van der Waals surface area (Å²) in [5, 5.41) is 11.1. The van der Waals surface area contributed by atoms with Crippen molar-refractivity contribution in [1.82, 2.24) is 10.2 Å². The van der Waals surface area contributed by atoms with Crippen molar-refractivity contribution < 1.29 is 27.7 Å². The van der Waals surface area contributed by atoms with Crippen LogP contribution in [0.1, 0.15) is 25.7 Å². The van der Waals surface area contributed by atoms with Gasteiger partial charge in [0.1, 0.15) is 0 Å². The Balaban J connectivity index is 3.55. The monoisotopic (exact) mass is 310 g/mol. The number of carbonyl (C=O) groups is 2. The van der Waals surface area contributed by atoms with E-state index in [-0.39, 0.29) is 31.0 Å². The quantitative estimate of drug-likeness (QED) is 0.349. The molecule has 0 atom stereocenters. The highest BCUT2D eigenvalue weighted by atomic mass is 32.2. The first-order chi connectivity index (χ1) is 9.20. The van der Waals surface area contributed by atoms with Crippen LogP contribution in [0.15, 0.2) is 0 Å². The maximum Gasteiger partial charge on any atom is 0.303 e. The van der Waals surface area contributed by atoms with Crippen molar-refractivity contribution in [2.24, 2.45) is 0 Å². The molecule has 0 saturated heterocycles. The fraction of sp³-hybridized carbons (Fsp3) is 0.818. The normalized spacial score (nSPS) is 11.6. The van der Waals surface area contributed by atoms with Crippen molar-refractivity contribution in [2.75, 3.05) is 32.4 Å². The number of nitrogens with zero attached hydrogens (tertiary/aromatic N) is 1. The lowest BCUT2D eigenvalue weighted by atomic mass is 10.2. The summed E-state index contributed by atoms with van der Waals surface area (Å²) in [6.45, 7) is 1.26. The average molecular weight is 310 g/mol. The van der Waals surface area contributed by atoms with Crippen LogP contribution in [-0.4, -0.2) is 67.3 Å². The Morgan fingerprint density at radius 1 is 1.15 bits per heavy atom. The van der Waals surface area contributed by atoms with E-state index in [0.29, 0.717) is 25.9 Å². The summed E-state index contributed by atoms with van der Waals surface area (Å²) >= 11 is 0. The highest BCUT2D eigenvalue weighted by molar-refractivity contribution is 7.85. The minimum Gasteiger partial charge on any atom is -0.481 e. The van der Waals surface area contributed by atoms with Crippen LogP contribution >= 0.6 is 0 Å². The number of nitrogens with one attached hydrogen (secondary N) is 1. The molecule has 0 aromatic heterocycles. The molecule has 0 aliphatic carbocycles. The zero-order valence-electron chi connectivity index (χ0n) is 11.5. The lowest BCUT2D eigenvalue weighted by Gasteiger charge is -2.15. The number of hydrogen-bond acceptors (Lipinski definition) is 5. The fourth-order valence-electron chi connectivity index (χ4n) is 1.45. The van der Waals surface area contributed by atoms with Gasteiger partial charge in [0.25, 0.3) is 10.1 Å². The number of carboxylic acids is 1. The Labute approximate surface area is 118 Å². The molecule has 8 nitrogen and oxygen atoms in total. The molecule has 0 unspecified atom stereocenters. The summed E-state index contributed by atoms with van der Waals surface area (Å²) in [5.74, 6) is -1.42. The molecule has 0 spiro atoms. The van der Waals surface area contributed by atoms with Gasteiger partial charge >= 0.3 is 5.97 Å². The molecule has 1 amide bonds. The molecule has 118 valence electrons. The summed E-state index contributed by atoms with van der Waals surface area (Å²) in [6, 6.07) is 0. The van der Waals surface area contributed by atoms with Gasteiger partial charge in [-0.15, -0.1) is 0 Å². The number of rotatable bonds is 11. The van der Waals surface area contributed by atoms with Gasteiger partial charge in [0.05, 0.1) is 5.75 Å². The summed E-state index contributed by atoms with van der Waals surface area (Å²) in [5.41, 5.74) is 0. The van der Waals surface area contributed by atoms with Gasteiger partial charge in [-0.05, 0) is 26.4 Å². The third-order valence-electron chi connectivity index (χ3n) is 2.56. The minimum atomic E-state index is -3.94. The van der Waals surface area contributed by atoms with Crippen molar-refractivity contribution in [3.63, 3.8) is 0 Å². The van der Waals surface area contributed by atoms with Gasteiger partial charge in [-0.25, -0.2) is 0 Å². The van der Waals surface area contributed by atoms with Crippen molar-refractivity contribution in [1.29, 1.82) is 0 Å². The van der Waals surface area contributed by atoms with Gasteiger partial charge in [0.15, 0.2) is 0 Å². The van der Waals surface area contributed by atoms with Gasteiger partial charge in [0, 0.05) is 25.9 Å². The molecule has 0 saturated carbocycles. The van der Waals surface area contributed by atoms with Crippen LogP contribution in [0.2, 0.25) is 0 Å². The molecule has 0 rings (SSSR count). The van der Waals surface area contributed by atoms with Crippen LogP contribution in [0.25, 0.3) is 0 Å². The smallest absolute Gasteiger partial charge is 0.303 e. The molecule has 0 bridgehead atoms. The Kier molecular flexibility index (Phi) is 9.10. The first-order valence-electron chi connectivity index (χ1n) is 6.33. The zero-order chi connectivity index (χ0) is 15.6. The van der Waals surface area contributed by atoms with E-state index in [2.05, 4.69) is 5.32 Å². The molecule has 0 radical (unpaired) electrons. The molecule has 9 heteroatoms. The second-order valence-corrected chi connectivity index (χ2v) is 6.11. The van der Waals surface area contributed by atoms with Crippen LogP contribution in [0.4, 0.5) is 0 Å². The molecule has 3 N–H and O–H groups in total. The number of carbonyl (C=O) groups excluding carboxylic acids is 1. The summed E-state index contributed by atoms with van der Waals surface area (Å²) < 4.78 is 29.6. The topological polar surface area (TPSA) is 124 Å². The number of aliphatic carboxylic acids is 1. The Hall–Kier alpha value is -1.19. The number of amides is 1. The van der Waals surface area contributed by atoms with Crippen LogP contribution in [0.5, 0.6) is 0 Å². The van der Waals surface area contributed by atoms with Gasteiger partial charge in [-0.1, -0.05) is 0 Å². The molecule has 0 aliphatic rings. The first-order valence-corrected chi connectivity index (χ1v) is 7.94. The molecule has 0 fully saturated rings. The molecular formula is C11H22N2O6S. The molecule has 0 aromatic carbocycles. The summed E-state index contributed by atoms with van der Waals surface area (Å²) in [7, 11) is -2.22. The largest absolute Gasteiger partial charge is 0.481 e. The lowest BCUT2D eigenvalue weighted by molar-refractivity contribution is -0.137. The third-order valence-corrected chi connectivity index (χ3v) is 3.26. The number of hydrogen-bond donors (Lipinski definition) is 3. The van der Waals surface area contributed by atoms with E-state index in [1.807, 2.05) is 0 Å². The van der Waals surface area contributed by atoms with E-state index >= 15 is 0 Å². The van der Waals surface area contributed by atoms with Gasteiger partial charge in [-0.3, -0.25) is 14.1 Å². The van der Waals surface area contributed by atoms with Gasteiger partial charge < -0.3 is 15.3 Å².